The molecular formula is C22H22Cl2N2O2S. The summed E-state index contributed by atoms with van der Waals surface area (Å²) in [5, 5.41) is 4.88. The normalized spacial score (nSPS) is 10.8. The van der Waals surface area contributed by atoms with Crippen molar-refractivity contribution in [3.63, 3.8) is 0 Å². The Balaban J connectivity index is 1.51. The van der Waals surface area contributed by atoms with Crippen LogP contribution in [-0.4, -0.2) is 17.5 Å². The van der Waals surface area contributed by atoms with E-state index in [4.69, 9.17) is 27.9 Å². The highest BCUT2D eigenvalue weighted by molar-refractivity contribution is 7.16. The zero-order chi connectivity index (χ0) is 21.0. The maximum absolute atomic E-state index is 12.2. The Kier molecular flexibility index (Phi) is 7.17. The maximum atomic E-state index is 12.2. The van der Waals surface area contributed by atoms with E-state index in [9.17, 15) is 4.79 Å². The minimum absolute atomic E-state index is 0.0801. The lowest BCUT2D eigenvalue weighted by Crippen LogP contribution is -2.12. The summed E-state index contributed by atoms with van der Waals surface area (Å²) in [6, 6.07) is 11.3. The van der Waals surface area contributed by atoms with Crippen molar-refractivity contribution in [2.45, 2.75) is 33.6 Å². The highest BCUT2D eigenvalue weighted by Gasteiger charge is 2.12. The molecule has 0 saturated carbocycles. The fourth-order valence-corrected chi connectivity index (χ4v) is 4.10. The van der Waals surface area contributed by atoms with Crippen LogP contribution in [0.2, 0.25) is 10.0 Å². The molecule has 2 aromatic carbocycles. The number of hydrogen-bond acceptors (Lipinski definition) is 4. The third kappa shape index (κ3) is 5.72. The van der Waals surface area contributed by atoms with Crippen molar-refractivity contribution in [2.24, 2.45) is 0 Å². The number of nitrogens with one attached hydrogen (secondary N) is 1. The Hall–Kier alpha value is -2.08. The van der Waals surface area contributed by atoms with E-state index in [0.717, 1.165) is 38.0 Å². The monoisotopic (exact) mass is 448 g/mol. The Morgan fingerprint density at radius 1 is 1.14 bits per heavy atom. The molecule has 3 aromatic rings. The highest BCUT2D eigenvalue weighted by Crippen LogP contribution is 2.31. The van der Waals surface area contributed by atoms with Crippen LogP contribution in [-0.2, 0) is 4.79 Å². The van der Waals surface area contributed by atoms with Gasteiger partial charge >= 0.3 is 0 Å². The minimum Gasteiger partial charge on any atom is -0.494 e. The Morgan fingerprint density at radius 2 is 1.86 bits per heavy atom. The Labute approximate surface area is 184 Å². The van der Waals surface area contributed by atoms with Gasteiger partial charge in [0, 0.05) is 26.9 Å². The molecule has 1 amide bonds. The van der Waals surface area contributed by atoms with Gasteiger partial charge in [-0.3, -0.25) is 4.79 Å². The molecular weight excluding hydrogens is 427 g/mol. The summed E-state index contributed by atoms with van der Waals surface area (Å²) in [5.74, 6) is 0.690. The predicted molar refractivity (Wildman–Crippen MR) is 122 cm³/mol. The molecule has 1 aromatic heterocycles. The van der Waals surface area contributed by atoms with Crippen molar-refractivity contribution in [3.05, 3.63) is 62.4 Å². The summed E-state index contributed by atoms with van der Waals surface area (Å²) in [4.78, 5) is 17.8. The summed E-state index contributed by atoms with van der Waals surface area (Å²) in [7, 11) is 0. The maximum Gasteiger partial charge on any atom is 0.226 e. The van der Waals surface area contributed by atoms with E-state index < -0.39 is 0 Å². The molecule has 1 heterocycles. The quantitative estimate of drug-likeness (QED) is 0.402. The molecule has 3 rings (SSSR count). The lowest BCUT2D eigenvalue weighted by atomic mass is 10.1. The number of nitrogens with zero attached hydrogens (tertiary/aromatic N) is 1. The molecule has 7 heteroatoms. The second kappa shape index (κ2) is 9.61. The third-order valence-corrected chi connectivity index (χ3v) is 6.09. The van der Waals surface area contributed by atoms with Crippen molar-refractivity contribution < 1.29 is 9.53 Å². The third-order valence-electron chi connectivity index (χ3n) is 4.37. The molecule has 0 radical (unpaired) electrons. The van der Waals surface area contributed by atoms with Crippen molar-refractivity contribution in [1.29, 1.82) is 0 Å². The Morgan fingerprint density at radius 3 is 2.55 bits per heavy atom. The van der Waals surface area contributed by atoms with E-state index in [1.54, 1.807) is 0 Å². The fraction of sp³-hybridized carbons (Fsp3) is 0.273. The van der Waals surface area contributed by atoms with Crippen molar-refractivity contribution in [1.82, 2.24) is 4.98 Å². The number of benzene rings is 2. The van der Waals surface area contributed by atoms with Crippen LogP contribution in [0.4, 0.5) is 5.13 Å². The van der Waals surface area contributed by atoms with Crippen molar-refractivity contribution >= 4 is 45.6 Å². The van der Waals surface area contributed by atoms with Crippen LogP contribution in [0.15, 0.2) is 36.4 Å². The fourth-order valence-electron chi connectivity index (χ4n) is 2.95. The molecule has 0 aliphatic heterocycles. The predicted octanol–water partition coefficient (Wildman–Crippen LogP) is 6.84. The summed E-state index contributed by atoms with van der Waals surface area (Å²) in [5.41, 5.74) is 3.74. The summed E-state index contributed by atoms with van der Waals surface area (Å²) >= 11 is 13.7. The number of anilines is 1. The van der Waals surface area contributed by atoms with Crippen LogP contribution in [0, 0.1) is 20.8 Å². The number of thiazole rings is 1. The van der Waals surface area contributed by atoms with Gasteiger partial charge in [0.15, 0.2) is 5.13 Å². The van der Waals surface area contributed by atoms with E-state index in [-0.39, 0.29) is 5.91 Å². The molecule has 1 N–H and O–H groups in total. The molecule has 4 nitrogen and oxygen atoms in total. The number of carbonyl (C=O) groups is 1. The van der Waals surface area contributed by atoms with Crippen LogP contribution >= 0.6 is 34.5 Å². The molecule has 0 spiro atoms. The van der Waals surface area contributed by atoms with Gasteiger partial charge in [0.25, 0.3) is 0 Å². The van der Waals surface area contributed by atoms with Crippen LogP contribution in [0.5, 0.6) is 5.75 Å². The number of carbonyl (C=O) groups excluding carboxylic acids is 1. The Bertz CT molecular complexity index is 1010. The number of aromatic nitrogens is 1. The first kappa shape index (κ1) is 21.6. The van der Waals surface area contributed by atoms with Crippen LogP contribution < -0.4 is 10.1 Å². The van der Waals surface area contributed by atoms with Gasteiger partial charge in [-0.2, -0.15) is 0 Å². The second-order valence-electron chi connectivity index (χ2n) is 6.81. The van der Waals surface area contributed by atoms with Crippen LogP contribution in [0.3, 0.4) is 0 Å². The first-order valence-corrected chi connectivity index (χ1v) is 10.8. The first-order valence-electron chi connectivity index (χ1n) is 9.26. The number of halogens is 2. The molecule has 0 unspecified atom stereocenters. The summed E-state index contributed by atoms with van der Waals surface area (Å²) < 4.78 is 5.75. The average Bonchev–Trinajstić information content (AvgIpc) is 3.03. The van der Waals surface area contributed by atoms with Gasteiger partial charge in [0.05, 0.1) is 12.3 Å². The van der Waals surface area contributed by atoms with Gasteiger partial charge < -0.3 is 10.1 Å². The number of rotatable bonds is 7. The van der Waals surface area contributed by atoms with E-state index in [0.29, 0.717) is 29.6 Å². The summed E-state index contributed by atoms with van der Waals surface area (Å²) in [6.45, 7) is 6.33. The smallest absolute Gasteiger partial charge is 0.226 e. The van der Waals surface area contributed by atoms with Gasteiger partial charge in [-0.15, -0.1) is 11.3 Å². The standard InChI is InChI=1S/C22H22Cl2N2O2S/c1-13-10-18(11-14(2)20(13)24)28-9-5-8-19(27)25-22-26-21(15(3)29-22)16-6-4-7-17(23)12-16/h4,6-7,10-12H,5,8-9H2,1-3H3,(H,25,26,27). The average molecular weight is 449 g/mol. The van der Waals surface area contributed by atoms with Crippen molar-refractivity contribution in [3.8, 4) is 17.0 Å². The zero-order valence-corrected chi connectivity index (χ0v) is 18.8. The highest BCUT2D eigenvalue weighted by atomic mass is 35.5. The lowest BCUT2D eigenvalue weighted by molar-refractivity contribution is -0.116. The number of amides is 1. The van der Waals surface area contributed by atoms with Crippen LogP contribution in [0.1, 0.15) is 28.8 Å². The number of hydrogen-bond donors (Lipinski definition) is 1. The van der Waals surface area contributed by atoms with E-state index in [1.165, 1.54) is 11.3 Å². The molecule has 0 fully saturated rings. The molecule has 29 heavy (non-hydrogen) atoms. The number of aryl methyl sites for hydroxylation is 3. The van der Waals surface area contributed by atoms with Gasteiger partial charge in [-0.25, -0.2) is 4.98 Å². The van der Waals surface area contributed by atoms with Crippen molar-refractivity contribution in [2.75, 3.05) is 11.9 Å². The molecule has 0 aliphatic carbocycles. The van der Waals surface area contributed by atoms with Gasteiger partial charge in [-0.05, 0) is 62.6 Å². The molecule has 0 atom stereocenters. The topological polar surface area (TPSA) is 51.2 Å². The first-order chi connectivity index (χ1) is 13.8. The minimum atomic E-state index is -0.0801. The molecule has 0 aliphatic rings. The van der Waals surface area contributed by atoms with Gasteiger partial charge in [0.1, 0.15) is 5.75 Å². The molecule has 0 bridgehead atoms. The lowest BCUT2D eigenvalue weighted by Gasteiger charge is -2.09. The molecule has 0 saturated heterocycles. The molecule has 152 valence electrons. The summed E-state index contributed by atoms with van der Waals surface area (Å²) in [6.07, 6.45) is 0.967. The van der Waals surface area contributed by atoms with E-state index in [1.807, 2.05) is 57.2 Å². The zero-order valence-electron chi connectivity index (χ0n) is 16.5. The largest absolute Gasteiger partial charge is 0.494 e. The SMILES string of the molecule is Cc1cc(OCCCC(=O)Nc2nc(-c3cccc(Cl)c3)c(C)s2)cc(C)c1Cl. The van der Waals surface area contributed by atoms with Gasteiger partial charge in [-0.1, -0.05) is 35.3 Å². The number of ether oxygens (including phenoxy) is 1. The second-order valence-corrected chi connectivity index (χ2v) is 8.82. The van der Waals surface area contributed by atoms with Gasteiger partial charge in [0.2, 0.25) is 5.91 Å². The van der Waals surface area contributed by atoms with Crippen LogP contribution in [0.25, 0.3) is 11.3 Å². The van der Waals surface area contributed by atoms with E-state index >= 15 is 0 Å². The van der Waals surface area contributed by atoms with E-state index in [2.05, 4.69) is 10.3 Å².